The van der Waals surface area contributed by atoms with Gasteiger partial charge in [-0.05, 0) is 91.9 Å². The van der Waals surface area contributed by atoms with Crippen molar-refractivity contribution in [2.75, 3.05) is 32.9 Å². The second kappa shape index (κ2) is 10.2. The summed E-state index contributed by atoms with van der Waals surface area (Å²) in [6.07, 6.45) is 5.81. The number of benzene rings is 2. The first-order chi connectivity index (χ1) is 17.0. The highest BCUT2D eigenvalue weighted by Gasteiger charge is 2.31. The molecular formula is C29H32FNO4. The molecule has 1 unspecified atom stereocenters. The van der Waals surface area contributed by atoms with E-state index < -0.39 is 0 Å². The van der Waals surface area contributed by atoms with Crippen molar-refractivity contribution in [1.82, 2.24) is 4.90 Å². The van der Waals surface area contributed by atoms with Crippen molar-refractivity contribution < 1.29 is 24.1 Å². The van der Waals surface area contributed by atoms with Gasteiger partial charge in [0.1, 0.15) is 35.7 Å². The molecule has 5 nitrogen and oxygen atoms in total. The lowest BCUT2D eigenvalue weighted by atomic mass is 9.83. The summed E-state index contributed by atoms with van der Waals surface area (Å²) in [5.41, 5.74) is 4.95. The lowest BCUT2D eigenvalue weighted by Gasteiger charge is -2.33. The first kappa shape index (κ1) is 23.5. The molecule has 2 atom stereocenters. The largest absolute Gasteiger partial charge is 0.508 e. The van der Waals surface area contributed by atoms with E-state index in [1.165, 1.54) is 0 Å². The van der Waals surface area contributed by atoms with Gasteiger partial charge in [0, 0.05) is 30.1 Å². The quantitative estimate of drug-likeness (QED) is 0.502. The normalized spacial score (nSPS) is 22.3. The maximum Gasteiger partial charge on any atom is 0.149 e. The van der Waals surface area contributed by atoms with Crippen molar-refractivity contribution in [3.05, 3.63) is 82.6 Å². The van der Waals surface area contributed by atoms with Gasteiger partial charge in [0.2, 0.25) is 0 Å². The van der Waals surface area contributed by atoms with E-state index in [9.17, 15) is 14.6 Å². The molecule has 3 aliphatic rings. The van der Waals surface area contributed by atoms with Crippen LogP contribution in [0.4, 0.5) is 4.39 Å². The molecule has 0 bridgehead atoms. The zero-order chi connectivity index (χ0) is 24.4. The molecule has 1 saturated heterocycles. The molecule has 2 heterocycles. The molecule has 0 amide bonds. The third-order valence-corrected chi connectivity index (χ3v) is 7.16. The highest BCUT2D eigenvalue weighted by atomic mass is 19.1. The van der Waals surface area contributed by atoms with E-state index in [4.69, 9.17) is 9.47 Å². The maximum atomic E-state index is 12.8. The van der Waals surface area contributed by atoms with Crippen LogP contribution in [0.3, 0.4) is 0 Å². The van der Waals surface area contributed by atoms with Crippen LogP contribution in [0.2, 0.25) is 0 Å². The molecule has 184 valence electrons. The zero-order valence-corrected chi connectivity index (χ0v) is 20.0. The molecule has 2 aliphatic heterocycles. The Kier molecular flexibility index (Phi) is 6.82. The average molecular weight is 478 g/mol. The first-order valence-corrected chi connectivity index (χ1v) is 12.3. The third-order valence-electron chi connectivity index (χ3n) is 7.16. The summed E-state index contributed by atoms with van der Waals surface area (Å²) < 4.78 is 25.3. The van der Waals surface area contributed by atoms with Gasteiger partial charge in [0.05, 0.1) is 6.67 Å². The number of aliphatic hydroxyl groups excluding tert-OH is 1. The number of alkyl halides is 1. The molecule has 0 radical (unpaired) electrons. The fourth-order valence-electron chi connectivity index (χ4n) is 5.26. The van der Waals surface area contributed by atoms with Crippen LogP contribution in [0, 0.1) is 5.92 Å². The van der Waals surface area contributed by atoms with Crippen molar-refractivity contribution in [2.45, 2.75) is 32.3 Å². The van der Waals surface area contributed by atoms with Crippen LogP contribution in [0.15, 0.2) is 71.5 Å². The van der Waals surface area contributed by atoms with Crippen LogP contribution in [0.5, 0.6) is 17.2 Å². The first-order valence-electron chi connectivity index (χ1n) is 12.3. The number of ether oxygens (including phenoxy) is 2. The molecule has 2 aromatic rings. The smallest absolute Gasteiger partial charge is 0.149 e. The zero-order valence-electron chi connectivity index (χ0n) is 20.0. The summed E-state index contributed by atoms with van der Waals surface area (Å²) in [7, 11) is 0. The van der Waals surface area contributed by atoms with Crippen LogP contribution in [-0.4, -0.2) is 48.0 Å². The molecule has 2 N–H and O–H groups in total. The van der Waals surface area contributed by atoms with Gasteiger partial charge in [0.25, 0.3) is 0 Å². The summed E-state index contributed by atoms with van der Waals surface area (Å²) in [5, 5.41) is 20.2. The fraction of sp³-hybridized carbons (Fsp3) is 0.379. The Bertz CT molecular complexity index is 1170. The Morgan fingerprint density at radius 1 is 1.14 bits per heavy atom. The van der Waals surface area contributed by atoms with E-state index in [-0.39, 0.29) is 30.2 Å². The Hall–Kier alpha value is -3.25. The van der Waals surface area contributed by atoms with Crippen LogP contribution in [-0.2, 0) is 0 Å². The summed E-state index contributed by atoms with van der Waals surface area (Å²) in [6.45, 7) is 4.91. The summed E-state index contributed by atoms with van der Waals surface area (Å²) in [5.74, 6) is 2.15. The molecule has 5 rings (SSSR count). The predicted molar refractivity (Wildman–Crippen MR) is 135 cm³/mol. The number of aromatic hydroxyl groups is 1. The number of hydrogen-bond acceptors (Lipinski definition) is 5. The molecule has 0 spiro atoms. The fourth-order valence-corrected chi connectivity index (χ4v) is 5.26. The number of likely N-dealkylation sites (tertiary alicyclic amines) is 1. The molecule has 2 aromatic carbocycles. The van der Waals surface area contributed by atoms with Gasteiger partial charge >= 0.3 is 0 Å². The lowest BCUT2D eigenvalue weighted by molar-refractivity contribution is 0.227. The van der Waals surface area contributed by atoms with Gasteiger partial charge in [-0.25, -0.2) is 0 Å². The van der Waals surface area contributed by atoms with Gasteiger partial charge in [0.15, 0.2) is 0 Å². The van der Waals surface area contributed by atoms with Gasteiger partial charge < -0.3 is 19.7 Å². The van der Waals surface area contributed by atoms with E-state index >= 15 is 0 Å². The van der Waals surface area contributed by atoms with E-state index in [1.807, 2.05) is 43.3 Å². The number of nitrogens with zero attached hydrogens (tertiary/aromatic N) is 1. The van der Waals surface area contributed by atoms with Crippen LogP contribution < -0.4 is 9.47 Å². The van der Waals surface area contributed by atoms with Gasteiger partial charge in [-0.15, -0.1) is 0 Å². The average Bonchev–Trinajstić information content (AvgIpc) is 3.33. The summed E-state index contributed by atoms with van der Waals surface area (Å²) in [4.78, 5) is 2.26. The SMILES string of the molecule is CC1=C(C2=CC(O)=CCC2)C(c2ccc(OCCN3CC[C@@H](CF)C3)cc2)Oc2ccc(O)cc21. The minimum Gasteiger partial charge on any atom is -0.508 e. The summed E-state index contributed by atoms with van der Waals surface area (Å²) >= 11 is 0. The second-order valence-electron chi connectivity index (χ2n) is 9.58. The van der Waals surface area contributed by atoms with Crippen molar-refractivity contribution in [1.29, 1.82) is 0 Å². The van der Waals surface area contributed by atoms with Gasteiger partial charge in [-0.1, -0.05) is 12.1 Å². The molecular weight excluding hydrogens is 445 g/mol. The van der Waals surface area contributed by atoms with Crippen molar-refractivity contribution >= 4 is 5.57 Å². The molecule has 6 heteroatoms. The van der Waals surface area contributed by atoms with E-state index in [2.05, 4.69) is 4.90 Å². The maximum absolute atomic E-state index is 12.8. The number of halogens is 1. The standard InChI is InChI=1S/C29H32FNO4/c1-19-26-16-24(33)7-10-27(26)35-29(28(19)22-3-2-4-23(32)15-22)21-5-8-25(9-6-21)34-14-13-31-12-11-20(17-30)18-31/h4-10,15-16,20,29,32-33H,2-3,11-14,17-18H2,1H3/t20-,29?/m0/s1. The topological polar surface area (TPSA) is 62.2 Å². The number of fused-ring (bicyclic) bond motifs is 1. The van der Waals surface area contributed by atoms with Crippen molar-refractivity contribution in [3.8, 4) is 17.2 Å². The molecule has 1 fully saturated rings. The molecule has 0 saturated carbocycles. The minimum atomic E-state index is -0.333. The Morgan fingerprint density at radius 2 is 1.97 bits per heavy atom. The second-order valence-corrected chi connectivity index (χ2v) is 9.58. The summed E-state index contributed by atoms with van der Waals surface area (Å²) in [6, 6.07) is 13.1. The molecule has 0 aromatic heterocycles. The van der Waals surface area contributed by atoms with Crippen molar-refractivity contribution in [2.24, 2.45) is 5.92 Å². The predicted octanol–water partition coefficient (Wildman–Crippen LogP) is 6.13. The number of aliphatic hydroxyl groups is 1. The van der Waals surface area contributed by atoms with Crippen molar-refractivity contribution in [3.63, 3.8) is 0 Å². The van der Waals surface area contributed by atoms with Gasteiger partial charge in [-0.3, -0.25) is 9.29 Å². The van der Waals surface area contributed by atoms with E-state index in [0.717, 1.165) is 78.2 Å². The Balaban J connectivity index is 1.35. The van der Waals surface area contributed by atoms with Crippen LogP contribution in [0.25, 0.3) is 5.57 Å². The Labute approximate surface area is 205 Å². The third kappa shape index (κ3) is 5.08. The number of allylic oxidation sites excluding steroid dienone is 3. The lowest BCUT2D eigenvalue weighted by Crippen LogP contribution is -2.26. The number of rotatable bonds is 7. The number of phenolic OH excluding ortho intramolecular Hbond substituents is 1. The van der Waals surface area contributed by atoms with E-state index in [0.29, 0.717) is 6.61 Å². The minimum absolute atomic E-state index is 0.168. The molecule has 35 heavy (non-hydrogen) atoms. The number of phenols is 1. The Morgan fingerprint density at radius 3 is 2.71 bits per heavy atom. The molecule has 1 aliphatic carbocycles. The van der Waals surface area contributed by atoms with Gasteiger partial charge in [-0.2, -0.15) is 0 Å². The monoisotopic (exact) mass is 477 g/mol. The van der Waals surface area contributed by atoms with Crippen LogP contribution in [0.1, 0.15) is 43.4 Å². The highest BCUT2D eigenvalue weighted by molar-refractivity contribution is 5.79. The number of hydrogen-bond donors (Lipinski definition) is 2. The van der Waals surface area contributed by atoms with Crippen LogP contribution >= 0.6 is 0 Å². The highest BCUT2D eigenvalue weighted by Crippen LogP contribution is 2.47. The van der Waals surface area contributed by atoms with E-state index in [1.54, 1.807) is 18.2 Å².